The van der Waals surface area contributed by atoms with Gasteiger partial charge in [0.05, 0.1) is 0 Å². The molecular formula is C22H29N3O2. The molecule has 0 aliphatic carbocycles. The number of nitrogens with two attached hydrogens (primary N) is 1. The molecule has 0 heterocycles. The zero-order valence-electron chi connectivity index (χ0n) is 16.4. The van der Waals surface area contributed by atoms with Crippen LogP contribution in [0.25, 0.3) is 0 Å². The topological polar surface area (TPSA) is 84.2 Å². The summed E-state index contributed by atoms with van der Waals surface area (Å²) in [6.07, 6.45) is 0. The molecule has 0 fully saturated rings. The summed E-state index contributed by atoms with van der Waals surface area (Å²) < 4.78 is 0. The van der Waals surface area contributed by atoms with Crippen molar-refractivity contribution in [2.45, 2.75) is 45.7 Å². The van der Waals surface area contributed by atoms with Gasteiger partial charge in [0.1, 0.15) is 6.04 Å². The number of imide groups is 1. The molecule has 27 heavy (non-hydrogen) atoms. The van der Waals surface area contributed by atoms with Gasteiger partial charge >= 0.3 is 6.03 Å². The Morgan fingerprint density at radius 2 is 1.37 bits per heavy atom. The average molecular weight is 367 g/mol. The number of carbonyl (C=O) groups is 2. The number of urea groups is 1. The zero-order valence-corrected chi connectivity index (χ0v) is 16.4. The number of benzene rings is 2. The van der Waals surface area contributed by atoms with Gasteiger partial charge in [0.2, 0.25) is 5.91 Å². The van der Waals surface area contributed by atoms with Gasteiger partial charge < -0.3 is 5.73 Å². The van der Waals surface area contributed by atoms with Crippen molar-refractivity contribution >= 4 is 11.9 Å². The Morgan fingerprint density at radius 3 is 1.85 bits per heavy atom. The van der Waals surface area contributed by atoms with Crippen LogP contribution in [0.1, 0.15) is 62.4 Å². The molecule has 4 N–H and O–H groups in total. The van der Waals surface area contributed by atoms with Crippen LogP contribution < -0.4 is 16.4 Å². The normalized spacial score (nSPS) is 13.4. The van der Waals surface area contributed by atoms with E-state index < -0.39 is 18.0 Å². The van der Waals surface area contributed by atoms with Crippen molar-refractivity contribution in [2.75, 3.05) is 0 Å². The minimum absolute atomic E-state index is 0.0601. The second-order valence-electron chi connectivity index (χ2n) is 7.41. The van der Waals surface area contributed by atoms with E-state index in [0.717, 1.165) is 11.1 Å². The van der Waals surface area contributed by atoms with Crippen LogP contribution in [0.2, 0.25) is 0 Å². The Hall–Kier alpha value is -2.66. The molecule has 0 spiro atoms. The third-order valence-electron chi connectivity index (χ3n) is 4.62. The van der Waals surface area contributed by atoms with E-state index in [1.165, 1.54) is 5.56 Å². The second-order valence-corrected chi connectivity index (χ2v) is 7.41. The first-order valence-corrected chi connectivity index (χ1v) is 9.30. The maximum absolute atomic E-state index is 12.6. The molecule has 2 aromatic carbocycles. The lowest BCUT2D eigenvalue weighted by Gasteiger charge is -2.28. The third-order valence-corrected chi connectivity index (χ3v) is 4.62. The first-order chi connectivity index (χ1) is 12.8. The zero-order chi connectivity index (χ0) is 20.0. The Balaban J connectivity index is 2.33. The van der Waals surface area contributed by atoms with E-state index >= 15 is 0 Å². The molecule has 0 saturated heterocycles. The molecule has 0 aliphatic rings. The largest absolute Gasteiger partial charge is 0.351 e. The fourth-order valence-electron chi connectivity index (χ4n) is 3.10. The number of hydrogen-bond acceptors (Lipinski definition) is 3. The number of hydrogen-bond donors (Lipinski definition) is 3. The summed E-state index contributed by atoms with van der Waals surface area (Å²) in [4.78, 5) is 23.8. The first-order valence-electron chi connectivity index (χ1n) is 9.30. The van der Waals surface area contributed by atoms with E-state index in [9.17, 15) is 9.59 Å². The van der Waals surface area contributed by atoms with Crippen molar-refractivity contribution < 1.29 is 9.59 Å². The molecule has 0 unspecified atom stereocenters. The van der Waals surface area contributed by atoms with Crippen molar-refractivity contribution in [2.24, 2.45) is 11.7 Å². The Labute approximate surface area is 161 Å². The number of carbonyl (C=O) groups excluding carboxylic acids is 2. The summed E-state index contributed by atoms with van der Waals surface area (Å²) in [5, 5.41) is 5.62. The summed E-state index contributed by atoms with van der Waals surface area (Å²) in [6.45, 7) is 8.52. The SMILES string of the molecule is CC(C)c1ccc([C@H](N[C@@H](C(=O)NC(N)=O)c2ccccc2)C(C)C)cc1. The number of rotatable bonds is 7. The number of amides is 3. The van der Waals surface area contributed by atoms with Crippen LogP contribution in [-0.2, 0) is 4.79 Å². The monoisotopic (exact) mass is 367 g/mol. The smallest absolute Gasteiger partial charge is 0.318 e. The molecule has 3 amide bonds. The molecule has 0 saturated carbocycles. The molecule has 5 heteroatoms. The van der Waals surface area contributed by atoms with Crippen LogP contribution in [-0.4, -0.2) is 11.9 Å². The van der Waals surface area contributed by atoms with E-state index in [1.807, 2.05) is 30.3 Å². The third kappa shape index (κ3) is 5.66. The van der Waals surface area contributed by atoms with Gasteiger partial charge in [-0.15, -0.1) is 0 Å². The minimum Gasteiger partial charge on any atom is -0.351 e. The van der Waals surface area contributed by atoms with Crippen LogP contribution in [0.4, 0.5) is 4.79 Å². The van der Waals surface area contributed by atoms with Crippen LogP contribution in [0.5, 0.6) is 0 Å². The Bertz CT molecular complexity index is 755. The second kappa shape index (κ2) is 9.33. The lowest BCUT2D eigenvalue weighted by Crippen LogP contribution is -2.44. The lowest BCUT2D eigenvalue weighted by atomic mass is 9.92. The van der Waals surface area contributed by atoms with Gasteiger partial charge in [0, 0.05) is 6.04 Å². The molecule has 0 bridgehead atoms. The summed E-state index contributed by atoms with van der Waals surface area (Å²) in [5.41, 5.74) is 8.31. The fourth-order valence-corrected chi connectivity index (χ4v) is 3.10. The molecule has 0 radical (unpaired) electrons. The molecule has 2 atom stereocenters. The molecule has 0 aliphatic heterocycles. The fraction of sp³-hybridized carbons (Fsp3) is 0.364. The van der Waals surface area contributed by atoms with Crippen LogP contribution in [0, 0.1) is 5.92 Å². The van der Waals surface area contributed by atoms with Gasteiger partial charge in [0.25, 0.3) is 0 Å². The molecule has 144 valence electrons. The number of nitrogens with one attached hydrogen (secondary N) is 2. The Morgan fingerprint density at radius 1 is 0.815 bits per heavy atom. The first kappa shape index (κ1) is 20.6. The van der Waals surface area contributed by atoms with E-state index in [0.29, 0.717) is 5.92 Å². The van der Waals surface area contributed by atoms with Gasteiger partial charge in [-0.05, 0) is 28.5 Å². The molecule has 0 aromatic heterocycles. The lowest BCUT2D eigenvalue weighted by molar-refractivity contribution is -0.122. The maximum atomic E-state index is 12.6. The van der Waals surface area contributed by atoms with Gasteiger partial charge in [-0.25, -0.2) is 4.79 Å². The molecule has 5 nitrogen and oxygen atoms in total. The highest BCUT2D eigenvalue weighted by Gasteiger charge is 2.27. The molecular weight excluding hydrogens is 338 g/mol. The predicted molar refractivity (Wildman–Crippen MR) is 108 cm³/mol. The van der Waals surface area contributed by atoms with Gasteiger partial charge in [-0.3, -0.25) is 15.4 Å². The predicted octanol–water partition coefficient (Wildman–Crippen LogP) is 4.03. The summed E-state index contributed by atoms with van der Waals surface area (Å²) in [7, 11) is 0. The van der Waals surface area contributed by atoms with Crippen molar-refractivity contribution in [1.82, 2.24) is 10.6 Å². The highest BCUT2D eigenvalue weighted by molar-refractivity contribution is 5.96. The standard InChI is InChI=1S/C22H29N3O2/c1-14(2)16-10-12-18(13-11-16)19(15(3)4)24-20(21(26)25-22(23)27)17-8-6-5-7-9-17/h5-15,19-20,24H,1-4H3,(H3,23,25,26,27)/t19-,20-/m1/s1. The summed E-state index contributed by atoms with van der Waals surface area (Å²) >= 11 is 0. The van der Waals surface area contributed by atoms with Gasteiger partial charge in [-0.1, -0.05) is 82.3 Å². The van der Waals surface area contributed by atoms with E-state index in [2.05, 4.69) is 62.6 Å². The molecule has 2 aromatic rings. The minimum atomic E-state index is -0.856. The van der Waals surface area contributed by atoms with E-state index in [4.69, 9.17) is 5.73 Å². The summed E-state index contributed by atoms with van der Waals surface area (Å²) in [5.74, 6) is 0.239. The van der Waals surface area contributed by atoms with Gasteiger partial charge in [0.15, 0.2) is 0 Å². The summed E-state index contributed by atoms with van der Waals surface area (Å²) in [6, 6.07) is 16.2. The highest BCUT2D eigenvalue weighted by atomic mass is 16.2. The highest BCUT2D eigenvalue weighted by Crippen LogP contribution is 2.27. The van der Waals surface area contributed by atoms with E-state index in [-0.39, 0.29) is 12.0 Å². The van der Waals surface area contributed by atoms with E-state index in [1.54, 1.807) is 0 Å². The van der Waals surface area contributed by atoms with Crippen molar-refractivity contribution in [3.05, 3.63) is 71.3 Å². The number of primary amides is 1. The quantitative estimate of drug-likeness (QED) is 0.691. The maximum Gasteiger partial charge on any atom is 0.318 e. The molecule has 2 rings (SSSR count). The van der Waals surface area contributed by atoms with Crippen LogP contribution in [0.15, 0.2) is 54.6 Å². The van der Waals surface area contributed by atoms with Crippen molar-refractivity contribution in [3.63, 3.8) is 0 Å². The van der Waals surface area contributed by atoms with Gasteiger partial charge in [-0.2, -0.15) is 0 Å². The Kier molecular flexibility index (Phi) is 7.13. The van der Waals surface area contributed by atoms with Crippen molar-refractivity contribution in [1.29, 1.82) is 0 Å². The average Bonchev–Trinajstić information content (AvgIpc) is 2.62. The van der Waals surface area contributed by atoms with Crippen LogP contribution in [0.3, 0.4) is 0 Å². The van der Waals surface area contributed by atoms with Crippen molar-refractivity contribution in [3.8, 4) is 0 Å². The van der Waals surface area contributed by atoms with Crippen LogP contribution >= 0.6 is 0 Å².